The van der Waals surface area contributed by atoms with Gasteiger partial charge >= 0.3 is 5.97 Å². The molecule has 1 N–H and O–H groups in total. The van der Waals surface area contributed by atoms with Gasteiger partial charge in [0.15, 0.2) is 0 Å². The number of carbonyl (C=O) groups excluding carboxylic acids is 2. The number of ether oxygens (including phenoxy) is 3. The Kier molecular flexibility index (Phi) is 8.44. The molecule has 0 unspecified atom stereocenters. The highest BCUT2D eigenvalue weighted by molar-refractivity contribution is 5.99. The van der Waals surface area contributed by atoms with Gasteiger partial charge in [-0.1, -0.05) is 43.3 Å². The fourth-order valence-corrected chi connectivity index (χ4v) is 5.00. The number of methoxy groups -OCH3 is 2. The number of nitrogens with one attached hydrogen (secondary N) is 1. The van der Waals surface area contributed by atoms with Crippen LogP contribution in [0.25, 0.3) is 10.9 Å². The zero-order valence-electron chi connectivity index (χ0n) is 21.2. The molecule has 36 heavy (non-hydrogen) atoms. The number of aromatic nitrogens is 1. The molecule has 0 saturated carbocycles. The van der Waals surface area contributed by atoms with Crippen LogP contribution in [0.3, 0.4) is 0 Å². The first-order valence-corrected chi connectivity index (χ1v) is 12.4. The molecule has 2 aromatic carbocycles. The van der Waals surface area contributed by atoms with E-state index < -0.39 is 11.9 Å². The number of hydrogen-bond donors (Lipinski definition) is 1. The van der Waals surface area contributed by atoms with Gasteiger partial charge in [-0.15, -0.1) is 0 Å². The lowest BCUT2D eigenvalue weighted by Crippen LogP contribution is -2.46. The molecule has 0 aliphatic carbocycles. The van der Waals surface area contributed by atoms with Crippen molar-refractivity contribution < 1.29 is 23.8 Å². The second-order valence-corrected chi connectivity index (χ2v) is 8.97. The van der Waals surface area contributed by atoms with E-state index in [4.69, 9.17) is 14.2 Å². The molecule has 1 aliphatic heterocycles. The van der Waals surface area contributed by atoms with Crippen LogP contribution in [0.15, 0.2) is 66.5 Å². The minimum absolute atomic E-state index is 0.223. The Balaban J connectivity index is 1.49. The van der Waals surface area contributed by atoms with Crippen molar-refractivity contribution in [3.63, 3.8) is 0 Å². The fraction of sp³-hybridized carbons (Fsp3) is 0.379. The zero-order valence-corrected chi connectivity index (χ0v) is 21.2. The van der Waals surface area contributed by atoms with Crippen LogP contribution in [0, 0.1) is 11.8 Å². The number of nitrogens with zero attached hydrogens (tertiary/aromatic N) is 1. The van der Waals surface area contributed by atoms with Crippen LogP contribution in [-0.2, 0) is 32.1 Å². The summed E-state index contributed by atoms with van der Waals surface area (Å²) in [5.41, 5.74) is 4.20. The average Bonchev–Trinajstić information content (AvgIpc) is 3.34. The third-order valence-electron chi connectivity index (χ3n) is 6.89. The number of amides is 1. The topological polar surface area (TPSA) is 80.9 Å². The van der Waals surface area contributed by atoms with Crippen molar-refractivity contribution in [1.29, 1.82) is 0 Å². The lowest BCUT2D eigenvalue weighted by Gasteiger charge is -2.35. The summed E-state index contributed by atoms with van der Waals surface area (Å²) in [6.07, 6.45) is 5.82. The standard InChI is InChI=1S/C29H34N2O5/c1-4-21-18-31(15-13-22-17-30-24-11-8-12-25(34-2)26(22)24)28(32)27(29(33)35-3)23(21)14-16-36-19-20-9-6-5-7-10-20/h5-12,17-18,23,27,30H,4,13-16,19H2,1-3H3/t23-,27+/m1/s1. The predicted molar refractivity (Wildman–Crippen MR) is 138 cm³/mol. The predicted octanol–water partition coefficient (Wildman–Crippen LogP) is 4.87. The summed E-state index contributed by atoms with van der Waals surface area (Å²) in [4.78, 5) is 31.2. The molecule has 0 saturated heterocycles. The molecule has 0 bridgehead atoms. The molecule has 190 valence electrons. The molecule has 2 heterocycles. The molecule has 4 rings (SSSR count). The number of benzene rings is 2. The molecule has 1 amide bonds. The molecule has 0 fully saturated rings. The second-order valence-electron chi connectivity index (χ2n) is 8.97. The Bertz CT molecular complexity index is 1220. The summed E-state index contributed by atoms with van der Waals surface area (Å²) in [6.45, 7) is 3.46. The largest absolute Gasteiger partial charge is 0.496 e. The van der Waals surface area contributed by atoms with Crippen molar-refractivity contribution in [2.75, 3.05) is 27.4 Å². The Morgan fingerprint density at radius 3 is 2.61 bits per heavy atom. The summed E-state index contributed by atoms with van der Waals surface area (Å²) in [5.74, 6) is -1.03. The number of hydrogen-bond acceptors (Lipinski definition) is 5. The van der Waals surface area contributed by atoms with Gasteiger partial charge in [-0.3, -0.25) is 9.59 Å². The van der Waals surface area contributed by atoms with Crippen LogP contribution < -0.4 is 4.74 Å². The van der Waals surface area contributed by atoms with Gasteiger partial charge < -0.3 is 24.1 Å². The van der Waals surface area contributed by atoms with Crippen LogP contribution in [0.5, 0.6) is 5.75 Å². The van der Waals surface area contributed by atoms with Gasteiger partial charge in [0, 0.05) is 42.4 Å². The Morgan fingerprint density at radius 2 is 1.89 bits per heavy atom. The van der Waals surface area contributed by atoms with E-state index in [1.165, 1.54) is 7.11 Å². The smallest absolute Gasteiger partial charge is 0.318 e. The molecule has 1 aromatic heterocycles. The van der Waals surface area contributed by atoms with Crippen molar-refractivity contribution in [2.24, 2.45) is 11.8 Å². The molecule has 0 radical (unpaired) electrons. The maximum atomic E-state index is 13.5. The average molecular weight is 491 g/mol. The van der Waals surface area contributed by atoms with Gasteiger partial charge in [0.1, 0.15) is 11.7 Å². The number of rotatable bonds is 11. The van der Waals surface area contributed by atoms with Crippen molar-refractivity contribution in [3.8, 4) is 5.75 Å². The number of aromatic amines is 1. The van der Waals surface area contributed by atoms with Gasteiger partial charge in [-0.2, -0.15) is 0 Å². The van der Waals surface area contributed by atoms with Gasteiger partial charge in [0.25, 0.3) is 0 Å². The lowest BCUT2D eigenvalue weighted by molar-refractivity contribution is -0.156. The molecule has 1 aliphatic rings. The number of H-pyrrole nitrogens is 1. The molecule has 7 heteroatoms. The molecule has 0 spiro atoms. The number of allylic oxidation sites excluding steroid dienone is 1. The highest BCUT2D eigenvalue weighted by Gasteiger charge is 2.42. The van der Waals surface area contributed by atoms with Crippen molar-refractivity contribution in [1.82, 2.24) is 9.88 Å². The quantitative estimate of drug-likeness (QED) is 0.236. The van der Waals surface area contributed by atoms with Crippen LogP contribution in [0.2, 0.25) is 0 Å². The van der Waals surface area contributed by atoms with E-state index in [9.17, 15) is 9.59 Å². The number of fused-ring (bicyclic) bond motifs is 1. The molecule has 2 atom stereocenters. The Labute approximate surface area is 212 Å². The summed E-state index contributed by atoms with van der Waals surface area (Å²) in [6, 6.07) is 15.8. The summed E-state index contributed by atoms with van der Waals surface area (Å²) >= 11 is 0. The van der Waals surface area contributed by atoms with E-state index in [0.717, 1.165) is 39.8 Å². The van der Waals surface area contributed by atoms with Crippen molar-refractivity contribution in [2.45, 2.75) is 32.8 Å². The SMILES string of the molecule is CCC1=CN(CCc2c[nH]c3cccc(OC)c23)C(=O)[C@@H](C(=O)OC)[C@@H]1CCOCc1ccccc1. The number of esters is 1. The fourth-order valence-electron chi connectivity index (χ4n) is 5.00. The van der Waals surface area contributed by atoms with Gasteiger partial charge in [-0.05, 0) is 48.1 Å². The Hall–Kier alpha value is -3.58. The van der Waals surface area contributed by atoms with E-state index in [0.29, 0.717) is 32.6 Å². The van der Waals surface area contributed by atoms with E-state index in [1.807, 2.05) is 60.9 Å². The Morgan fingerprint density at radius 1 is 1.08 bits per heavy atom. The highest BCUT2D eigenvalue weighted by Crippen LogP contribution is 2.35. The van der Waals surface area contributed by atoms with Gasteiger partial charge in [-0.25, -0.2) is 0 Å². The summed E-state index contributed by atoms with van der Waals surface area (Å²) in [7, 11) is 2.99. The molecule has 3 aromatic rings. The van der Waals surface area contributed by atoms with E-state index in [1.54, 1.807) is 12.0 Å². The van der Waals surface area contributed by atoms with Crippen LogP contribution in [-0.4, -0.2) is 49.1 Å². The minimum atomic E-state index is -0.868. The zero-order chi connectivity index (χ0) is 25.5. The molecule has 7 nitrogen and oxygen atoms in total. The number of carbonyl (C=O) groups is 2. The summed E-state index contributed by atoms with van der Waals surface area (Å²) < 4.78 is 16.5. The summed E-state index contributed by atoms with van der Waals surface area (Å²) in [5, 5.41) is 1.02. The normalized spacial score (nSPS) is 17.8. The van der Waals surface area contributed by atoms with E-state index in [-0.39, 0.29) is 11.8 Å². The first-order valence-electron chi connectivity index (χ1n) is 12.4. The van der Waals surface area contributed by atoms with Crippen LogP contribution >= 0.6 is 0 Å². The third kappa shape index (κ3) is 5.46. The first kappa shape index (κ1) is 25.5. The maximum Gasteiger partial charge on any atom is 0.318 e. The molecular formula is C29H34N2O5. The van der Waals surface area contributed by atoms with E-state index >= 15 is 0 Å². The highest BCUT2D eigenvalue weighted by atomic mass is 16.5. The lowest BCUT2D eigenvalue weighted by atomic mass is 9.79. The monoisotopic (exact) mass is 490 g/mol. The van der Waals surface area contributed by atoms with Crippen molar-refractivity contribution in [3.05, 3.63) is 77.6 Å². The van der Waals surface area contributed by atoms with Gasteiger partial charge in [0.05, 0.1) is 20.8 Å². The third-order valence-corrected chi connectivity index (χ3v) is 6.89. The minimum Gasteiger partial charge on any atom is -0.496 e. The van der Waals surface area contributed by atoms with Crippen LogP contribution in [0.4, 0.5) is 0 Å². The molecular weight excluding hydrogens is 456 g/mol. The second kappa shape index (κ2) is 11.9. The maximum absolute atomic E-state index is 13.5. The van der Waals surface area contributed by atoms with E-state index in [2.05, 4.69) is 11.9 Å². The van der Waals surface area contributed by atoms with Crippen LogP contribution in [0.1, 0.15) is 30.9 Å². The van der Waals surface area contributed by atoms with Crippen molar-refractivity contribution >= 4 is 22.8 Å². The van der Waals surface area contributed by atoms with Gasteiger partial charge in [0.2, 0.25) is 5.91 Å². The first-order chi connectivity index (χ1) is 17.6.